The van der Waals surface area contributed by atoms with Crippen molar-refractivity contribution in [3.05, 3.63) is 53.4 Å². The topological polar surface area (TPSA) is 83.3 Å². The van der Waals surface area contributed by atoms with Gasteiger partial charge in [-0.15, -0.1) is 10.2 Å². The Bertz CT molecular complexity index is 1300. The van der Waals surface area contributed by atoms with Crippen LogP contribution in [0.5, 0.6) is 0 Å². The van der Waals surface area contributed by atoms with Gasteiger partial charge in [-0.3, -0.25) is 4.90 Å². The maximum Gasteiger partial charge on any atom is 0.158 e. The first-order valence-electron chi connectivity index (χ1n) is 11.8. The molecular formula is C24H26N8S. The predicted molar refractivity (Wildman–Crippen MR) is 129 cm³/mol. The van der Waals surface area contributed by atoms with Crippen LogP contribution in [0.3, 0.4) is 0 Å². The number of aromatic nitrogens is 5. The Morgan fingerprint density at radius 1 is 1.09 bits per heavy atom. The molecule has 3 aromatic heterocycles. The van der Waals surface area contributed by atoms with E-state index < -0.39 is 0 Å². The van der Waals surface area contributed by atoms with Crippen LogP contribution in [0, 0.1) is 11.8 Å². The number of benzene rings is 1. The van der Waals surface area contributed by atoms with E-state index in [1.54, 1.807) is 17.7 Å². The van der Waals surface area contributed by atoms with Crippen LogP contribution in [-0.4, -0.2) is 55.9 Å². The fourth-order valence-electron chi connectivity index (χ4n) is 5.27. The summed E-state index contributed by atoms with van der Waals surface area (Å²) in [6.45, 7) is 5.57. The molecule has 0 radical (unpaired) electrons. The first-order chi connectivity index (χ1) is 16.3. The van der Waals surface area contributed by atoms with Crippen LogP contribution >= 0.6 is 11.3 Å². The molecule has 0 bridgehead atoms. The van der Waals surface area contributed by atoms with Crippen molar-refractivity contribution in [3.8, 4) is 10.6 Å². The third-order valence-electron chi connectivity index (χ3n) is 7.14. The zero-order chi connectivity index (χ0) is 21.8. The summed E-state index contributed by atoms with van der Waals surface area (Å²) in [5.74, 6) is 3.04. The number of nitrogens with zero attached hydrogens (tertiary/aromatic N) is 6. The van der Waals surface area contributed by atoms with Crippen molar-refractivity contribution in [1.29, 1.82) is 0 Å². The minimum atomic E-state index is 0.631. The molecule has 0 amide bonds. The van der Waals surface area contributed by atoms with Crippen molar-refractivity contribution in [2.24, 2.45) is 11.8 Å². The van der Waals surface area contributed by atoms with E-state index in [1.165, 1.54) is 23.4 Å². The van der Waals surface area contributed by atoms with Gasteiger partial charge < -0.3 is 10.6 Å². The second-order valence-corrected chi connectivity index (χ2v) is 10.5. The number of hydrogen-bond acceptors (Lipinski definition) is 8. The van der Waals surface area contributed by atoms with Crippen molar-refractivity contribution in [3.63, 3.8) is 0 Å². The van der Waals surface area contributed by atoms with E-state index in [0.717, 1.165) is 72.2 Å². The highest BCUT2D eigenvalue weighted by Gasteiger charge is 2.36. The average Bonchev–Trinajstić information content (AvgIpc) is 3.18. The van der Waals surface area contributed by atoms with Gasteiger partial charge in [0.25, 0.3) is 0 Å². The standard InChI is InChI=1S/C24H26N8S/c1-2-16(24-30-29-23(33-24)15-4-5-15)8-20(3-1)28-22-21-17(6-7-32(21)27-14-26-22)11-31-12-18-9-25-10-19(18)13-31/h1-3,6-8,14-15,18-19,25H,4-5,9-13H2,(H,26,27,28). The Labute approximate surface area is 196 Å². The van der Waals surface area contributed by atoms with Crippen LogP contribution in [0.1, 0.15) is 29.3 Å². The zero-order valence-corrected chi connectivity index (χ0v) is 19.1. The van der Waals surface area contributed by atoms with Gasteiger partial charge in [0.05, 0.1) is 0 Å². The molecule has 2 atom stereocenters. The van der Waals surface area contributed by atoms with Crippen molar-refractivity contribution in [1.82, 2.24) is 35.0 Å². The van der Waals surface area contributed by atoms with Crippen molar-refractivity contribution >= 4 is 28.4 Å². The summed E-state index contributed by atoms with van der Waals surface area (Å²) in [5.41, 5.74) is 4.39. The number of nitrogens with one attached hydrogen (secondary N) is 2. The molecule has 168 valence electrons. The lowest BCUT2D eigenvalue weighted by Crippen LogP contribution is -2.25. The van der Waals surface area contributed by atoms with Crippen molar-refractivity contribution < 1.29 is 0 Å². The Hall–Kier alpha value is -2.88. The van der Waals surface area contributed by atoms with Crippen molar-refractivity contribution in [2.75, 3.05) is 31.5 Å². The van der Waals surface area contributed by atoms with Gasteiger partial charge in [0.15, 0.2) is 5.82 Å². The van der Waals surface area contributed by atoms with Crippen LogP contribution in [0.15, 0.2) is 42.9 Å². The molecule has 3 aliphatic rings. The average molecular weight is 459 g/mol. The van der Waals surface area contributed by atoms with Crippen LogP contribution < -0.4 is 10.6 Å². The summed E-state index contributed by atoms with van der Waals surface area (Å²) in [6.07, 6.45) is 6.14. The van der Waals surface area contributed by atoms with Gasteiger partial charge in [0.1, 0.15) is 21.9 Å². The molecule has 3 fully saturated rings. The number of hydrogen-bond donors (Lipinski definition) is 2. The first kappa shape index (κ1) is 19.6. The number of fused-ring (bicyclic) bond motifs is 2. The Balaban J connectivity index is 1.15. The lowest BCUT2D eigenvalue weighted by Gasteiger charge is -2.17. The lowest BCUT2D eigenvalue weighted by molar-refractivity contribution is 0.307. The molecule has 9 heteroatoms. The SMILES string of the molecule is c1cc(Nc2ncnn3ccc(CN4CC5CNCC5C4)c23)cc(-c2nnc(C3CC3)s2)c1. The summed E-state index contributed by atoms with van der Waals surface area (Å²) in [6, 6.07) is 10.5. The fourth-order valence-corrected chi connectivity index (χ4v) is 6.28. The second-order valence-electron chi connectivity index (χ2n) is 9.54. The molecule has 8 nitrogen and oxygen atoms in total. The van der Waals surface area contributed by atoms with Crippen LogP contribution in [0.2, 0.25) is 0 Å². The first-order valence-corrected chi connectivity index (χ1v) is 12.6. The molecule has 4 aromatic rings. The number of likely N-dealkylation sites (tertiary alicyclic amines) is 1. The normalized spacial score (nSPS) is 22.8. The van der Waals surface area contributed by atoms with E-state index in [2.05, 4.69) is 66.1 Å². The summed E-state index contributed by atoms with van der Waals surface area (Å²) in [4.78, 5) is 7.19. The van der Waals surface area contributed by atoms with Crippen LogP contribution in [0.25, 0.3) is 16.1 Å². The summed E-state index contributed by atoms with van der Waals surface area (Å²) in [5, 5.41) is 22.5. The largest absolute Gasteiger partial charge is 0.338 e. The highest BCUT2D eigenvalue weighted by Crippen LogP contribution is 2.42. The highest BCUT2D eigenvalue weighted by molar-refractivity contribution is 7.14. The van der Waals surface area contributed by atoms with Gasteiger partial charge in [-0.2, -0.15) is 5.10 Å². The smallest absolute Gasteiger partial charge is 0.158 e. The Morgan fingerprint density at radius 2 is 1.97 bits per heavy atom. The van der Waals surface area contributed by atoms with E-state index in [1.807, 2.05) is 10.7 Å². The molecule has 1 saturated carbocycles. The van der Waals surface area contributed by atoms with E-state index >= 15 is 0 Å². The summed E-state index contributed by atoms with van der Waals surface area (Å²) < 4.78 is 1.93. The third-order valence-corrected chi connectivity index (χ3v) is 8.27. The maximum absolute atomic E-state index is 4.61. The van der Waals surface area contributed by atoms with Gasteiger partial charge in [0, 0.05) is 43.0 Å². The summed E-state index contributed by atoms with van der Waals surface area (Å²) >= 11 is 1.71. The van der Waals surface area contributed by atoms with E-state index in [9.17, 15) is 0 Å². The molecule has 2 saturated heterocycles. The van der Waals surface area contributed by atoms with Crippen molar-refractivity contribution in [2.45, 2.75) is 25.3 Å². The minimum Gasteiger partial charge on any atom is -0.338 e. The fraction of sp³-hybridized carbons (Fsp3) is 0.417. The van der Waals surface area contributed by atoms with Gasteiger partial charge in [-0.05, 0) is 61.5 Å². The van der Waals surface area contributed by atoms with E-state index in [0.29, 0.717) is 5.92 Å². The lowest BCUT2D eigenvalue weighted by atomic mass is 10.0. The molecule has 1 aliphatic carbocycles. The van der Waals surface area contributed by atoms with Crippen LogP contribution in [-0.2, 0) is 6.54 Å². The molecule has 1 aromatic carbocycles. The summed E-state index contributed by atoms with van der Waals surface area (Å²) in [7, 11) is 0. The van der Waals surface area contributed by atoms with Gasteiger partial charge in [0.2, 0.25) is 0 Å². The highest BCUT2D eigenvalue weighted by atomic mass is 32.1. The molecule has 2 unspecified atom stereocenters. The minimum absolute atomic E-state index is 0.631. The monoisotopic (exact) mass is 458 g/mol. The van der Waals surface area contributed by atoms with Gasteiger partial charge in [-0.1, -0.05) is 23.5 Å². The Kier molecular flexibility index (Phi) is 4.66. The molecule has 5 heterocycles. The molecule has 2 aliphatic heterocycles. The van der Waals surface area contributed by atoms with E-state index in [4.69, 9.17) is 0 Å². The molecule has 2 N–H and O–H groups in total. The van der Waals surface area contributed by atoms with Gasteiger partial charge in [-0.25, -0.2) is 9.50 Å². The quantitative estimate of drug-likeness (QED) is 0.457. The molecule has 33 heavy (non-hydrogen) atoms. The number of anilines is 2. The molecule has 0 spiro atoms. The predicted octanol–water partition coefficient (Wildman–Crippen LogP) is 3.52. The zero-order valence-electron chi connectivity index (χ0n) is 18.3. The van der Waals surface area contributed by atoms with Crippen LogP contribution in [0.4, 0.5) is 11.5 Å². The van der Waals surface area contributed by atoms with E-state index in [-0.39, 0.29) is 0 Å². The third kappa shape index (κ3) is 3.70. The Morgan fingerprint density at radius 3 is 2.82 bits per heavy atom. The second kappa shape index (κ2) is 7.86. The molecular weight excluding hydrogens is 432 g/mol. The van der Waals surface area contributed by atoms with Gasteiger partial charge >= 0.3 is 0 Å². The number of rotatable bonds is 6. The maximum atomic E-state index is 4.61. The molecule has 7 rings (SSSR count).